The SMILES string of the molecule is CN1CCC(c2cnc3[nH]cc(/C(O)=C(/C=N)c4cccc(F)c4F)c3c2)CC1. The molecule has 0 spiro atoms. The molecule has 0 bridgehead atoms. The molecule has 0 aliphatic carbocycles. The van der Waals surface area contributed by atoms with Gasteiger partial charge in [0.2, 0.25) is 0 Å². The number of rotatable bonds is 4. The minimum atomic E-state index is -1.09. The predicted octanol–water partition coefficient (Wildman–Crippen LogP) is 4.73. The van der Waals surface area contributed by atoms with Gasteiger partial charge in [0.05, 0.1) is 0 Å². The van der Waals surface area contributed by atoms with Crippen LogP contribution in [0.2, 0.25) is 0 Å². The van der Waals surface area contributed by atoms with E-state index >= 15 is 0 Å². The van der Waals surface area contributed by atoms with E-state index in [1.807, 2.05) is 12.3 Å². The first-order valence-corrected chi connectivity index (χ1v) is 9.53. The first kappa shape index (κ1) is 19.3. The second-order valence-corrected chi connectivity index (χ2v) is 7.45. The standard InChI is InChI=1S/C22H22F2N4O/c1-28-7-5-13(6-8-28)14-9-16-18(12-27-22(16)26-11-14)21(29)17(10-25)15-3-2-4-19(23)20(15)24/h2-4,9-13,25,29H,5-8H2,1H3,(H,26,27)/b21-17+,25-10?. The van der Waals surface area contributed by atoms with Crippen LogP contribution in [0.3, 0.4) is 0 Å². The summed E-state index contributed by atoms with van der Waals surface area (Å²) in [5, 5.41) is 19.2. The quantitative estimate of drug-likeness (QED) is 0.441. The summed E-state index contributed by atoms with van der Waals surface area (Å²) in [4.78, 5) is 9.77. The Balaban J connectivity index is 1.80. The lowest BCUT2D eigenvalue weighted by atomic mass is 9.90. The Hall–Kier alpha value is -3.06. The highest BCUT2D eigenvalue weighted by Crippen LogP contribution is 2.33. The number of hydrogen-bond donors (Lipinski definition) is 3. The predicted molar refractivity (Wildman–Crippen MR) is 110 cm³/mol. The van der Waals surface area contributed by atoms with E-state index in [4.69, 9.17) is 5.41 Å². The third-order valence-electron chi connectivity index (χ3n) is 5.64. The minimum Gasteiger partial charge on any atom is -0.507 e. The van der Waals surface area contributed by atoms with Crippen molar-refractivity contribution < 1.29 is 13.9 Å². The average Bonchev–Trinajstić information content (AvgIpc) is 3.15. The number of aliphatic hydroxyl groups is 1. The van der Waals surface area contributed by atoms with Crippen LogP contribution in [-0.4, -0.2) is 46.3 Å². The Kier molecular flexibility index (Phi) is 5.15. The van der Waals surface area contributed by atoms with Crippen molar-refractivity contribution in [2.75, 3.05) is 20.1 Å². The number of nitrogens with one attached hydrogen (secondary N) is 2. The van der Waals surface area contributed by atoms with E-state index in [9.17, 15) is 13.9 Å². The number of allylic oxidation sites excluding steroid dienone is 1. The van der Waals surface area contributed by atoms with Crippen molar-refractivity contribution in [1.29, 1.82) is 5.41 Å². The van der Waals surface area contributed by atoms with Gasteiger partial charge in [-0.05, 0) is 56.6 Å². The summed E-state index contributed by atoms with van der Waals surface area (Å²) in [6, 6.07) is 5.68. The van der Waals surface area contributed by atoms with Crippen LogP contribution in [0.5, 0.6) is 0 Å². The van der Waals surface area contributed by atoms with Crippen molar-refractivity contribution in [1.82, 2.24) is 14.9 Å². The van der Waals surface area contributed by atoms with Gasteiger partial charge in [-0.25, -0.2) is 13.8 Å². The van der Waals surface area contributed by atoms with Gasteiger partial charge in [-0.3, -0.25) is 0 Å². The highest BCUT2D eigenvalue weighted by molar-refractivity contribution is 6.18. The lowest BCUT2D eigenvalue weighted by Crippen LogP contribution is -2.29. The van der Waals surface area contributed by atoms with E-state index in [-0.39, 0.29) is 16.9 Å². The Morgan fingerprint density at radius 3 is 2.76 bits per heavy atom. The third-order valence-corrected chi connectivity index (χ3v) is 5.64. The van der Waals surface area contributed by atoms with Crippen LogP contribution < -0.4 is 0 Å². The average molecular weight is 396 g/mol. The molecule has 4 rings (SSSR count). The monoisotopic (exact) mass is 396 g/mol. The van der Waals surface area contributed by atoms with E-state index in [1.165, 1.54) is 12.1 Å². The maximum atomic E-state index is 14.2. The minimum absolute atomic E-state index is 0.0902. The summed E-state index contributed by atoms with van der Waals surface area (Å²) in [7, 11) is 2.11. The van der Waals surface area contributed by atoms with Crippen molar-refractivity contribution in [3.05, 3.63) is 65.0 Å². The highest BCUT2D eigenvalue weighted by atomic mass is 19.2. The number of fused-ring (bicyclic) bond motifs is 1. The number of piperidine rings is 1. The molecule has 1 aliphatic rings. The molecule has 2 aromatic heterocycles. The van der Waals surface area contributed by atoms with Crippen molar-refractivity contribution in [3.63, 3.8) is 0 Å². The van der Waals surface area contributed by atoms with Crippen LogP contribution in [-0.2, 0) is 0 Å². The molecule has 1 aliphatic heterocycles. The van der Waals surface area contributed by atoms with Crippen LogP contribution >= 0.6 is 0 Å². The summed E-state index contributed by atoms with van der Waals surface area (Å²) in [6.07, 6.45) is 6.33. The lowest BCUT2D eigenvalue weighted by molar-refractivity contribution is 0.255. The summed E-state index contributed by atoms with van der Waals surface area (Å²) < 4.78 is 27.9. The number of H-pyrrole nitrogens is 1. The summed E-state index contributed by atoms with van der Waals surface area (Å²) in [6.45, 7) is 2.04. The van der Waals surface area contributed by atoms with Gasteiger partial charge >= 0.3 is 0 Å². The Labute approximate surface area is 167 Å². The van der Waals surface area contributed by atoms with Gasteiger partial charge in [-0.1, -0.05) is 12.1 Å². The molecule has 0 amide bonds. The number of nitrogens with zero attached hydrogens (tertiary/aromatic N) is 2. The van der Waals surface area contributed by atoms with Crippen LogP contribution in [0.4, 0.5) is 8.78 Å². The topological polar surface area (TPSA) is 76.0 Å². The van der Waals surface area contributed by atoms with E-state index in [1.54, 1.807) is 6.20 Å². The second kappa shape index (κ2) is 7.75. The Morgan fingerprint density at radius 2 is 2.03 bits per heavy atom. The fourth-order valence-corrected chi connectivity index (χ4v) is 3.91. The number of hydrogen-bond acceptors (Lipinski definition) is 4. The molecule has 1 aromatic carbocycles. The molecule has 29 heavy (non-hydrogen) atoms. The fraction of sp³-hybridized carbons (Fsp3) is 0.273. The van der Waals surface area contributed by atoms with Gasteiger partial charge < -0.3 is 20.4 Å². The molecule has 0 saturated carbocycles. The lowest BCUT2D eigenvalue weighted by Gasteiger charge is -2.29. The van der Waals surface area contributed by atoms with Crippen LogP contribution in [0.15, 0.2) is 36.7 Å². The van der Waals surface area contributed by atoms with E-state index in [2.05, 4.69) is 21.9 Å². The van der Waals surface area contributed by atoms with Crippen molar-refractivity contribution in [2.45, 2.75) is 18.8 Å². The van der Waals surface area contributed by atoms with Gasteiger partial charge in [0.15, 0.2) is 11.6 Å². The first-order chi connectivity index (χ1) is 14.0. The summed E-state index contributed by atoms with van der Waals surface area (Å²) in [5.41, 5.74) is 1.84. The van der Waals surface area contributed by atoms with Crippen LogP contribution in [0.1, 0.15) is 35.4 Å². The van der Waals surface area contributed by atoms with Gasteiger partial charge in [0.25, 0.3) is 0 Å². The maximum Gasteiger partial charge on any atom is 0.166 e. The second-order valence-electron chi connectivity index (χ2n) is 7.45. The first-order valence-electron chi connectivity index (χ1n) is 9.53. The van der Waals surface area contributed by atoms with E-state index < -0.39 is 11.6 Å². The van der Waals surface area contributed by atoms with Gasteiger partial charge in [-0.15, -0.1) is 0 Å². The molecule has 0 radical (unpaired) electrons. The molecule has 0 atom stereocenters. The number of likely N-dealkylation sites (tertiary alicyclic amines) is 1. The van der Waals surface area contributed by atoms with Gasteiger partial charge in [0.1, 0.15) is 11.4 Å². The highest BCUT2D eigenvalue weighted by Gasteiger charge is 2.21. The van der Waals surface area contributed by atoms with Crippen molar-refractivity contribution in [2.24, 2.45) is 0 Å². The molecule has 150 valence electrons. The number of pyridine rings is 1. The number of benzene rings is 1. The largest absolute Gasteiger partial charge is 0.507 e. The zero-order valence-corrected chi connectivity index (χ0v) is 16.0. The van der Waals surface area contributed by atoms with Crippen LogP contribution in [0, 0.1) is 17.0 Å². The zero-order valence-electron chi connectivity index (χ0n) is 16.0. The van der Waals surface area contributed by atoms with E-state index in [0.29, 0.717) is 22.5 Å². The molecule has 1 saturated heterocycles. The molecule has 3 aromatic rings. The fourth-order valence-electron chi connectivity index (χ4n) is 3.91. The van der Waals surface area contributed by atoms with Crippen molar-refractivity contribution >= 4 is 28.6 Å². The molecule has 5 nitrogen and oxygen atoms in total. The van der Waals surface area contributed by atoms with Crippen molar-refractivity contribution in [3.8, 4) is 0 Å². The number of halogens is 2. The number of aromatic amines is 1. The number of aromatic nitrogens is 2. The third kappa shape index (κ3) is 3.53. The van der Waals surface area contributed by atoms with E-state index in [0.717, 1.165) is 43.8 Å². The summed E-state index contributed by atoms with van der Waals surface area (Å²) in [5.74, 6) is -2.03. The molecular formula is C22H22F2N4O. The Morgan fingerprint density at radius 1 is 1.28 bits per heavy atom. The normalized spacial score (nSPS) is 16.8. The molecule has 0 unspecified atom stereocenters. The molecule has 3 N–H and O–H groups in total. The summed E-state index contributed by atoms with van der Waals surface area (Å²) >= 11 is 0. The molecule has 7 heteroatoms. The zero-order chi connectivity index (χ0) is 20.5. The smallest absolute Gasteiger partial charge is 0.166 e. The molecule has 1 fully saturated rings. The Bertz CT molecular complexity index is 1100. The maximum absolute atomic E-state index is 14.2. The van der Waals surface area contributed by atoms with Gasteiger partial charge in [-0.2, -0.15) is 0 Å². The van der Waals surface area contributed by atoms with Gasteiger partial charge in [0, 0.05) is 40.7 Å². The molecular weight excluding hydrogens is 374 g/mol. The number of aliphatic hydroxyl groups excluding tert-OH is 1. The van der Waals surface area contributed by atoms with Crippen LogP contribution in [0.25, 0.3) is 22.4 Å². The molecule has 3 heterocycles.